The number of amides is 3. The first-order valence-electron chi connectivity index (χ1n) is 14.3. The van der Waals surface area contributed by atoms with Crippen LogP contribution in [0.15, 0.2) is 60.8 Å². The number of nitrogens with two attached hydrogens (primary N) is 1. The van der Waals surface area contributed by atoms with E-state index in [1.54, 1.807) is 12.3 Å². The molecule has 0 fully saturated rings. The third-order valence-corrected chi connectivity index (χ3v) is 7.63. The lowest BCUT2D eigenvalue weighted by molar-refractivity contribution is -0.140. The van der Waals surface area contributed by atoms with Gasteiger partial charge in [-0.1, -0.05) is 67.0 Å². The number of carbonyl (C=O) groups excluding carboxylic acids is 3. The zero-order chi connectivity index (χ0) is 32.4. The summed E-state index contributed by atoms with van der Waals surface area (Å²) in [5, 5.41) is 15.4. The molecule has 44 heavy (non-hydrogen) atoms. The smallest absolute Gasteiger partial charge is 0.248 e. The highest BCUT2D eigenvalue weighted by atomic mass is 79.9. The highest BCUT2D eigenvalue weighted by Gasteiger charge is 2.37. The lowest BCUT2D eigenvalue weighted by Crippen LogP contribution is -2.48. The molecule has 0 aliphatic rings. The quantitative estimate of drug-likeness (QED) is 0.153. The molecule has 5 N–H and O–H groups in total. The maximum absolute atomic E-state index is 14.9. The number of hydrogen-bond donors (Lipinski definition) is 4. The van der Waals surface area contributed by atoms with E-state index in [2.05, 4.69) is 26.6 Å². The molecule has 3 aromatic rings. The fourth-order valence-electron chi connectivity index (χ4n) is 5.08. The van der Waals surface area contributed by atoms with Crippen LogP contribution in [0.2, 0.25) is 0 Å². The van der Waals surface area contributed by atoms with Gasteiger partial charge in [0.05, 0.1) is 17.4 Å². The molecule has 9 nitrogen and oxygen atoms in total. The summed E-state index contributed by atoms with van der Waals surface area (Å²) in [5.74, 6) is -2.40. The number of benzene rings is 2. The predicted octanol–water partition coefficient (Wildman–Crippen LogP) is 3.73. The molecule has 1 aromatic heterocycles. The minimum absolute atomic E-state index is 0.0381. The van der Waals surface area contributed by atoms with E-state index in [9.17, 15) is 28.3 Å². The molecule has 2 atom stereocenters. The van der Waals surface area contributed by atoms with Crippen molar-refractivity contribution in [3.05, 3.63) is 83.7 Å². The van der Waals surface area contributed by atoms with Crippen molar-refractivity contribution in [1.29, 1.82) is 0 Å². The fraction of sp³-hybridized carbons (Fsp3) is 0.406. The van der Waals surface area contributed by atoms with Crippen molar-refractivity contribution < 1.29 is 28.3 Å². The zero-order valence-corrected chi connectivity index (χ0v) is 26.7. The summed E-state index contributed by atoms with van der Waals surface area (Å²) in [4.78, 5) is 38.8. The molecule has 238 valence electrons. The topological polar surface area (TPSA) is 130 Å². The zero-order valence-electron chi connectivity index (χ0n) is 25.2. The Bertz CT molecular complexity index is 1430. The summed E-state index contributed by atoms with van der Waals surface area (Å²) in [6.45, 7) is 5.87. The van der Waals surface area contributed by atoms with Crippen LogP contribution in [-0.2, 0) is 20.9 Å². The van der Waals surface area contributed by atoms with E-state index in [1.807, 2.05) is 55.7 Å². The number of hydrogen-bond acceptors (Lipinski definition) is 5. The molecule has 3 rings (SSSR count). The number of aliphatic hydroxyl groups is 1. The Balaban J connectivity index is 1.97. The SMILES string of the molecule is CC(C)(C)C(c1cc(-c2cc(F)ccc2F)cn1Cc1ccccc1)N(CCC(N)C(=O)NCCNC(=O)CBr)C(=O)CO. The average molecular weight is 677 g/mol. The number of nitrogens with one attached hydrogen (secondary N) is 2. The van der Waals surface area contributed by atoms with Crippen molar-refractivity contribution in [2.75, 3.05) is 31.6 Å². The van der Waals surface area contributed by atoms with Gasteiger partial charge in [-0.25, -0.2) is 8.78 Å². The van der Waals surface area contributed by atoms with Crippen LogP contribution < -0.4 is 16.4 Å². The van der Waals surface area contributed by atoms with Crippen molar-refractivity contribution in [3.63, 3.8) is 0 Å². The van der Waals surface area contributed by atoms with E-state index in [0.29, 0.717) is 17.8 Å². The van der Waals surface area contributed by atoms with Gasteiger partial charge in [0.2, 0.25) is 17.7 Å². The summed E-state index contributed by atoms with van der Waals surface area (Å²) in [5.41, 5.74) is 7.68. The van der Waals surface area contributed by atoms with E-state index >= 15 is 0 Å². The Morgan fingerprint density at radius 1 is 1.05 bits per heavy atom. The van der Waals surface area contributed by atoms with Crippen LogP contribution in [0.4, 0.5) is 8.78 Å². The number of aromatic nitrogens is 1. The predicted molar refractivity (Wildman–Crippen MR) is 169 cm³/mol. The number of alkyl halides is 1. The van der Waals surface area contributed by atoms with E-state index in [0.717, 1.165) is 23.8 Å². The second kappa shape index (κ2) is 15.9. The molecule has 0 saturated carbocycles. The van der Waals surface area contributed by atoms with Crippen molar-refractivity contribution in [3.8, 4) is 11.1 Å². The normalized spacial score (nSPS) is 12.8. The lowest BCUT2D eigenvalue weighted by atomic mass is 9.82. The van der Waals surface area contributed by atoms with Gasteiger partial charge < -0.3 is 30.9 Å². The average Bonchev–Trinajstić information content (AvgIpc) is 3.39. The molecular formula is C32H40BrF2N5O4. The van der Waals surface area contributed by atoms with Gasteiger partial charge in [0, 0.05) is 49.2 Å². The Morgan fingerprint density at radius 2 is 1.73 bits per heavy atom. The Hall–Kier alpha value is -3.61. The largest absolute Gasteiger partial charge is 0.387 e. The highest BCUT2D eigenvalue weighted by molar-refractivity contribution is 9.09. The van der Waals surface area contributed by atoms with E-state index in [4.69, 9.17) is 5.73 Å². The third-order valence-electron chi connectivity index (χ3n) is 7.12. The Labute approximate surface area is 264 Å². The van der Waals surface area contributed by atoms with Crippen molar-refractivity contribution in [2.45, 2.75) is 45.8 Å². The molecule has 0 aliphatic carbocycles. The van der Waals surface area contributed by atoms with E-state index < -0.39 is 47.6 Å². The number of nitrogens with zero attached hydrogens (tertiary/aromatic N) is 2. The van der Waals surface area contributed by atoms with Gasteiger partial charge in [-0.2, -0.15) is 0 Å². The molecule has 0 spiro atoms. The summed E-state index contributed by atoms with van der Waals surface area (Å²) >= 11 is 3.05. The number of carbonyl (C=O) groups is 3. The van der Waals surface area contributed by atoms with Gasteiger partial charge in [0.25, 0.3) is 0 Å². The van der Waals surface area contributed by atoms with Crippen LogP contribution >= 0.6 is 15.9 Å². The maximum atomic E-state index is 14.9. The van der Waals surface area contributed by atoms with Crippen LogP contribution in [-0.4, -0.2) is 69.9 Å². The van der Waals surface area contributed by atoms with Crippen molar-refractivity contribution in [2.24, 2.45) is 11.1 Å². The first-order chi connectivity index (χ1) is 20.8. The van der Waals surface area contributed by atoms with E-state index in [-0.39, 0.29) is 42.9 Å². The van der Waals surface area contributed by atoms with Crippen molar-refractivity contribution >= 4 is 33.7 Å². The molecule has 0 saturated heterocycles. The number of aliphatic hydroxyl groups excluding tert-OH is 1. The molecule has 0 radical (unpaired) electrons. The second-order valence-corrected chi connectivity index (χ2v) is 12.1. The summed E-state index contributed by atoms with van der Waals surface area (Å²) in [7, 11) is 0. The van der Waals surface area contributed by atoms with Crippen LogP contribution in [0.3, 0.4) is 0 Å². The first-order valence-corrected chi connectivity index (χ1v) is 15.4. The molecule has 2 unspecified atom stereocenters. The number of halogens is 3. The van der Waals surface area contributed by atoms with Crippen LogP contribution in [0.25, 0.3) is 11.1 Å². The molecule has 12 heteroatoms. The summed E-state index contributed by atoms with van der Waals surface area (Å²) in [6, 6.07) is 13.0. The molecule has 0 aliphatic heterocycles. The minimum atomic E-state index is -0.968. The molecule has 3 amide bonds. The maximum Gasteiger partial charge on any atom is 0.248 e. The molecule has 2 aromatic carbocycles. The molecule has 0 bridgehead atoms. The highest BCUT2D eigenvalue weighted by Crippen LogP contribution is 2.41. The van der Waals surface area contributed by atoms with E-state index in [1.165, 1.54) is 4.90 Å². The summed E-state index contributed by atoms with van der Waals surface area (Å²) in [6.07, 6.45) is 1.82. The summed E-state index contributed by atoms with van der Waals surface area (Å²) < 4.78 is 31.0. The first kappa shape index (κ1) is 34.9. The van der Waals surface area contributed by atoms with Crippen LogP contribution in [0.5, 0.6) is 0 Å². The Morgan fingerprint density at radius 3 is 2.36 bits per heavy atom. The van der Waals surface area contributed by atoms with Crippen molar-refractivity contribution in [1.82, 2.24) is 20.1 Å². The molecule has 1 heterocycles. The third kappa shape index (κ3) is 9.44. The van der Waals surface area contributed by atoms with Gasteiger partial charge >= 0.3 is 0 Å². The Kier molecular flexibility index (Phi) is 12.6. The minimum Gasteiger partial charge on any atom is -0.387 e. The standard InChI is InChI=1S/C32H40BrF2N5O4/c1-32(2,3)30(40(29(43)20-41)14-11-26(36)31(44)38-13-12-37-28(42)17-33)27-15-22(24-16-23(34)9-10-25(24)35)19-39(27)18-21-7-5-4-6-8-21/h4-10,15-16,19,26,30,41H,11-14,17-18,20,36H2,1-3H3,(H,37,42)(H,38,44). The van der Waals surface area contributed by atoms with Crippen LogP contribution in [0, 0.1) is 17.0 Å². The van der Waals surface area contributed by atoms with Gasteiger partial charge in [-0.05, 0) is 41.7 Å². The van der Waals surface area contributed by atoms with Crippen LogP contribution in [0.1, 0.15) is 44.5 Å². The van der Waals surface area contributed by atoms with Gasteiger partial charge in [0.15, 0.2) is 0 Å². The van der Waals surface area contributed by atoms with Gasteiger partial charge in [-0.3, -0.25) is 14.4 Å². The number of rotatable bonds is 14. The van der Waals surface area contributed by atoms with Gasteiger partial charge in [-0.15, -0.1) is 0 Å². The second-order valence-electron chi connectivity index (χ2n) is 11.6. The fourth-order valence-corrected chi connectivity index (χ4v) is 5.27. The lowest BCUT2D eigenvalue weighted by Gasteiger charge is -2.41. The molecular weight excluding hydrogens is 636 g/mol. The van der Waals surface area contributed by atoms with Gasteiger partial charge in [0.1, 0.15) is 18.2 Å². The monoisotopic (exact) mass is 675 g/mol.